The van der Waals surface area contributed by atoms with Crippen molar-refractivity contribution in [3.8, 4) is 0 Å². The fourth-order valence-electron chi connectivity index (χ4n) is 4.57. The summed E-state index contributed by atoms with van der Waals surface area (Å²) in [6.45, 7) is 2.10. The molecular formula is C16H18INO2. The Morgan fingerprint density at radius 1 is 1.25 bits per heavy atom. The van der Waals surface area contributed by atoms with Crippen molar-refractivity contribution in [3.05, 3.63) is 27.3 Å². The van der Waals surface area contributed by atoms with Crippen molar-refractivity contribution in [2.24, 2.45) is 17.3 Å². The van der Waals surface area contributed by atoms with E-state index in [9.17, 15) is 9.90 Å². The molecule has 1 aromatic carbocycles. The molecule has 20 heavy (non-hydrogen) atoms. The number of anilines is 1. The maximum Gasteiger partial charge on any atom is 0.337 e. The van der Waals surface area contributed by atoms with Gasteiger partial charge in [-0.1, -0.05) is 0 Å². The molecule has 0 amide bonds. The van der Waals surface area contributed by atoms with Crippen molar-refractivity contribution >= 4 is 34.2 Å². The largest absolute Gasteiger partial charge is 0.478 e. The van der Waals surface area contributed by atoms with E-state index >= 15 is 0 Å². The van der Waals surface area contributed by atoms with Crippen LogP contribution >= 0.6 is 22.6 Å². The summed E-state index contributed by atoms with van der Waals surface area (Å²) in [4.78, 5) is 13.8. The molecule has 3 nitrogen and oxygen atoms in total. The van der Waals surface area contributed by atoms with Gasteiger partial charge in [-0.3, -0.25) is 0 Å². The molecule has 1 saturated heterocycles. The van der Waals surface area contributed by atoms with Crippen LogP contribution in [0.1, 0.15) is 36.0 Å². The number of carbonyl (C=O) groups is 1. The smallest absolute Gasteiger partial charge is 0.337 e. The number of aromatic carboxylic acids is 1. The highest BCUT2D eigenvalue weighted by Gasteiger charge is 2.60. The van der Waals surface area contributed by atoms with Crippen molar-refractivity contribution in [1.29, 1.82) is 0 Å². The number of carboxylic acid groups (broad SMARTS) is 1. The highest BCUT2D eigenvalue weighted by molar-refractivity contribution is 14.1. The van der Waals surface area contributed by atoms with E-state index in [2.05, 4.69) is 27.5 Å². The summed E-state index contributed by atoms with van der Waals surface area (Å²) in [5.74, 6) is 0.775. The van der Waals surface area contributed by atoms with Gasteiger partial charge in [-0.15, -0.1) is 0 Å². The summed E-state index contributed by atoms with van der Waals surface area (Å²) in [7, 11) is 0. The third-order valence-corrected chi connectivity index (χ3v) is 6.40. The Bertz CT molecular complexity index is 566. The maximum absolute atomic E-state index is 11.5. The monoisotopic (exact) mass is 383 g/mol. The maximum atomic E-state index is 11.5. The Balaban J connectivity index is 1.69. The Morgan fingerprint density at radius 3 is 2.45 bits per heavy atom. The second-order valence-electron chi connectivity index (χ2n) is 6.58. The highest BCUT2D eigenvalue weighted by atomic mass is 127. The third kappa shape index (κ3) is 1.80. The van der Waals surface area contributed by atoms with Crippen LogP contribution in [-0.2, 0) is 0 Å². The van der Waals surface area contributed by atoms with Crippen molar-refractivity contribution in [2.75, 3.05) is 18.0 Å². The van der Waals surface area contributed by atoms with Crippen LogP contribution in [0, 0.1) is 20.8 Å². The quantitative estimate of drug-likeness (QED) is 0.794. The number of halogens is 1. The number of benzene rings is 1. The van der Waals surface area contributed by atoms with Gasteiger partial charge in [0.1, 0.15) is 0 Å². The fourth-order valence-corrected chi connectivity index (χ4v) is 5.04. The molecule has 2 saturated carbocycles. The molecule has 1 heterocycles. The van der Waals surface area contributed by atoms with Crippen LogP contribution in [0.3, 0.4) is 0 Å². The predicted molar refractivity (Wildman–Crippen MR) is 86.2 cm³/mol. The van der Waals surface area contributed by atoms with Crippen molar-refractivity contribution in [3.63, 3.8) is 0 Å². The molecule has 1 aromatic rings. The Labute approximate surface area is 132 Å². The minimum atomic E-state index is -0.810. The first-order valence-electron chi connectivity index (χ1n) is 7.38. The zero-order valence-electron chi connectivity index (χ0n) is 11.3. The molecule has 3 fully saturated rings. The van der Waals surface area contributed by atoms with Gasteiger partial charge in [0.25, 0.3) is 0 Å². The minimum Gasteiger partial charge on any atom is -0.478 e. The summed E-state index contributed by atoms with van der Waals surface area (Å²) in [6.07, 6.45) is 5.50. The Hall–Kier alpha value is -0.780. The van der Waals surface area contributed by atoms with Gasteiger partial charge < -0.3 is 10.0 Å². The lowest BCUT2D eigenvalue weighted by Gasteiger charge is -2.40. The number of hydrogen-bond acceptors (Lipinski definition) is 2. The summed E-state index contributed by atoms with van der Waals surface area (Å²) >= 11 is 2.27. The highest BCUT2D eigenvalue weighted by Crippen LogP contribution is 2.66. The van der Waals surface area contributed by atoms with Gasteiger partial charge in [0.15, 0.2) is 0 Å². The molecule has 4 rings (SSSR count). The van der Waals surface area contributed by atoms with Gasteiger partial charge in [-0.05, 0) is 83.7 Å². The first kappa shape index (κ1) is 12.9. The molecule has 106 valence electrons. The van der Waals surface area contributed by atoms with Gasteiger partial charge >= 0.3 is 5.97 Å². The summed E-state index contributed by atoms with van der Waals surface area (Å²) in [5, 5.41) is 9.42. The van der Waals surface area contributed by atoms with E-state index in [0.29, 0.717) is 11.0 Å². The lowest BCUT2D eigenvalue weighted by Crippen LogP contribution is -2.43. The van der Waals surface area contributed by atoms with Gasteiger partial charge in [0.2, 0.25) is 0 Å². The third-order valence-electron chi connectivity index (χ3n) is 5.73. The van der Waals surface area contributed by atoms with Gasteiger partial charge in [0, 0.05) is 16.7 Å². The van der Waals surface area contributed by atoms with Gasteiger partial charge in [-0.2, -0.15) is 0 Å². The van der Waals surface area contributed by atoms with Crippen LogP contribution in [0.5, 0.6) is 0 Å². The van der Waals surface area contributed by atoms with Gasteiger partial charge in [0.05, 0.1) is 11.3 Å². The van der Waals surface area contributed by atoms with E-state index in [1.807, 2.05) is 12.1 Å². The first-order valence-corrected chi connectivity index (χ1v) is 8.46. The summed E-state index contributed by atoms with van der Waals surface area (Å²) in [5.41, 5.74) is 2.04. The summed E-state index contributed by atoms with van der Waals surface area (Å²) in [6, 6.07) is 5.67. The molecule has 0 radical (unpaired) electrons. The fraction of sp³-hybridized carbons (Fsp3) is 0.562. The number of nitrogens with zero attached hydrogens (tertiary/aromatic N) is 1. The van der Waals surface area contributed by atoms with E-state index in [-0.39, 0.29) is 0 Å². The zero-order chi connectivity index (χ0) is 13.9. The van der Waals surface area contributed by atoms with E-state index in [0.717, 1.165) is 34.2 Å². The van der Waals surface area contributed by atoms with Crippen LogP contribution in [0.2, 0.25) is 0 Å². The second kappa shape index (κ2) is 4.36. The lowest BCUT2D eigenvalue weighted by molar-refractivity contribution is 0.0697. The lowest BCUT2D eigenvalue weighted by atomic mass is 9.81. The molecule has 1 N–H and O–H groups in total. The molecule has 3 aliphatic rings. The van der Waals surface area contributed by atoms with E-state index in [4.69, 9.17) is 0 Å². The van der Waals surface area contributed by atoms with Crippen molar-refractivity contribution < 1.29 is 9.90 Å². The predicted octanol–water partition coefficient (Wildman–Crippen LogP) is 3.62. The standard InChI is InChI=1S/C16H18INO2/c17-12-3-4-13(15(19)20)14(7-12)18-8-10-1-2-11(9-18)16(10)5-6-16/h3-4,7,10-11H,1-2,5-6,8-9H2,(H,19,20)/t10-,11+. The first-order chi connectivity index (χ1) is 9.60. The van der Waals surface area contributed by atoms with Crippen LogP contribution in [0.4, 0.5) is 5.69 Å². The van der Waals surface area contributed by atoms with Crippen LogP contribution < -0.4 is 4.90 Å². The van der Waals surface area contributed by atoms with Crippen molar-refractivity contribution in [1.82, 2.24) is 0 Å². The van der Waals surface area contributed by atoms with Crippen LogP contribution in [0.25, 0.3) is 0 Å². The van der Waals surface area contributed by atoms with E-state index < -0.39 is 5.97 Å². The second-order valence-corrected chi connectivity index (χ2v) is 7.82. The minimum absolute atomic E-state index is 0.455. The van der Waals surface area contributed by atoms with Crippen molar-refractivity contribution in [2.45, 2.75) is 25.7 Å². The molecule has 0 unspecified atom stereocenters. The molecule has 1 spiro atoms. The van der Waals surface area contributed by atoms with E-state index in [1.165, 1.54) is 25.7 Å². The topological polar surface area (TPSA) is 40.5 Å². The molecule has 2 atom stereocenters. The van der Waals surface area contributed by atoms with Crippen LogP contribution in [-0.4, -0.2) is 24.2 Å². The average Bonchev–Trinajstić information content (AvgIpc) is 3.14. The van der Waals surface area contributed by atoms with Crippen LogP contribution in [0.15, 0.2) is 18.2 Å². The number of carboxylic acids is 1. The molecule has 2 aliphatic carbocycles. The Morgan fingerprint density at radius 2 is 1.90 bits per heavy atom. The number of rotatable bonds is 2. The molecule has 1 aliphatic heterocycles. The zero-order valence-corrected chi connectivity index (χ0v) is 13.5. The van der Waals surface area contributed by atoms with Gasteiger partial charge in [-0.25, -0.2) is 4.79 Å². The molecule has 0 aromatic heterocycles. The summed E-state index contributed by atoms with van der Waals surface area (Å²) < 4.78 is 1.11. The number of piperidine rings is 1. The average molecular weight is 383 g/mol. The molecular weight excluding hydrogens is 365 g/mol. The normalized spacial score (nSPS) is 29.8. The van der Waals surface area contributed by atoms with E-state index in [1.54, 1.807) is 6.07 Å². The molecule has 2 bridgehead atoms. The molecule has 4 heteroatoms. The number of hydrogen-bond donors (Lipinski definition) is 1. The SMILES string of the molecule is O=C(O)c1ccc(I)cc1N1C[C@H]2CC[C@@H](C1)C21CC1. The Kier molecular flexibility index (Phi) is 2.81.